The van der Waals surface area contributed by atoms with Gasteiger partial charge in [0.15, 0.2) is 5.82 Å². The summed E-state index contributed by atoms with van der Waals surface area (Å²) < 4.78 is 10.6. The maximum atomic E-state index is 12.6. The van der Waals surface area contributed by atoms with Gasteiger partial charge >= 0.3 is 0 Å². The average molecular weight is 287 g/mol. The summed E-state index contributed by atoms with van der Waals surface area (Å²) >= 11 is 0. The van der Waals surface area contributed by atoms with Crippen molar-refractivity contribution in [3.05, 3.63) is 35.4 Å². The van der Waals surface area contributed by atoms with Crippen LogP contribution in [0.2, 0.25) is 0 Å². The lowest BCUT2D eigenvalue weighted by Crippen LogP contribution is -2.31. The average Bonchev–Trinajstić information content (AvgIpc) is 2.94. The van der Waals surface area contributed by atoms with Gasteiger partial charge in [0.1, 0.15) is 5.76 Å². The monoisotopic (exact) mass is 287 g/mol. The molecule has 4 rings (SSSR count). The zero-order valence-corrected chi connectivity index (χ0v) is 11.9. The van der Waals surface area contributed by atoms with Crippen LogP contribution in [0, 0.1) is 6.92 Å². The molecule has 21 heavy (non-hydrogen) atoms. The van der Waals surface area contributed by atoms with E-state index in [1.54, 1.807) is 19.3 Å². The Kier molecular flexibility index (Phi) is 2.83. The topological polar surface area (TPSA) is 72.4 Å². The Labute approximate surface area is 122 Å². The van der Waals surface area contributed by atoms with Gasteiger partial charge in [0, 0.05) is 12.5 Å². The molecule has 6 nitrogen and oxygen atoms in total. The van der Waals surface area contributed by atoms with E-state index in [9.17, 15) is 4.79 Å². The van der Waals surface area contributed by atoms with E-state index in [1.807, 2.05) is 4.90 Å². The first-order valence-electron chi connectivity index (χ1n) is 7.42. The summed E-state index contributed by atoms with van der Waals surface area (Å²) in [6.07, 6.45) is 5.65. The van der Waals surface area contributed by atoms with Crippen molar-refractivity contribution >= 4 is 5.91 Å². The summed E-state index contributed by atoms with van der Waals surface area (Å²) in [6.45, 7) is 2.53. The molecule has 0 spiro atoms. The van der Waals surface area contributed by atoms with Crippen LogP contribution in [0.5, 0.6) is 0 Å². The minimum atomic E-state index is -0.0805. The van der Waals surface area contributed by atoms with Crippen LogP contribution in [0.25, 0.3) is 0 Å². The van der Waals surface area contributed by atoms with Gasteiger partial charge in [0.05, 0.1) is 17.9 Å². The molecule has 0 aromatic carbocycles. The van der Waals surface area contributed by atoms with E-state index in [0.29, 0.717) is 23.1 Å². The Hall–Kier alpha value is -2.11. The zero-order valence-electron chi connectivity index (χ0n) is 11.9. The third-order valence-corrected chi connectivity index (χ3v) is 4.28. The first kappa shape index (κ1) is 12.6. The van der Waals surface area contributed by atoms with Gasteiger partial charge in [-0.1, -0.05) is 5.16 Å². The molecular formula is C15H17N3O3. The Balaban J connectivity index is 1.59. The SMILES string of the molecule is Cc1occc1C(=O)N1CCC[C@@H]1c1noc(C2CC2)n1. The number of aryl methyl sites for hydroxylation is 1. The Morgan fingerprint density at radius 3 is 2.95 bits per heavy atom. The molecular weight excluding hydrogens is 270 g/mol. The third kappa shape index (κ3) is 2.14. The molecule has 1 saturated heterocycles. The lowest BCUT2D eigenvalue weighted by atomic mass is 10.2. The van der Waals surface area contributed by atoms with Crippen LogP contribution < -0.4 is 0 Å². The van der Waals surface area contributed by atoms with Gasteiger partial charge in [0.25, 0.3) is 5.91 Å². The van der Waals surface area contributed by atoms with Gasteiger partial charge in [-0.05, 0) is 38.7 Å². The molecule has 6 heteroatoms. The minimum Gasteiger partial charge on any atom is -0.469 e. The van der Waals surface area contributed by atoms with Crippen molar-refractivity contribution in [1.82, 2.24) is 15.0 Å². The van der Waals surface area contributed by atoms with E-state index in [0.717, 1.165) is 38.1 Å². The molecule has 1 aliphatic carbocycles. The van der Waals surface area contributed by atoms with Crippen molar-refractivity contribution in [3.63, 3.8) is 0 Å². The van der Waals surface area contributed by atoms with Crippen LogP contribution in [0.1, 0.15) is 65.5 Å². The number of aromatic nitrogens is 2. The second-order valence-electron chi connectivity index (χ2n) is 5.81. The quantitative estimate of drug-likeness (QED) is 0.868. The fourth-order valence-corrected chi connectivity index (χ4v) is 2.92. The number of hydrogen-bond acceptors (Lipinski definition) is 5. The molecule has 1 aliphatic heterocycles. The maximum Gasteiger partial charge on any atom is 0.258 e. The second-order valence-corrected chi connectivity index (χ2v) is 5.81. The highest BCUT2D eigenvalue weighted by Gasteiger charge is 2.36. The van der Waals surface area contributed by atoms with Crippen LogP contribution >= 0.6 is 0 Å². The summed E-state index contributed by atoms with van der Waals surface area (Å²) in [5.41, 5.74) is 0.618. The van der Waals surface area contributed by atoms with Gasteiger partial charge in [0.2, 0.25) is 5.89 Å². The molecule has 1 saturated carbocycles. The highest BCUT2D eigenvalue weighted by atomic mass is 16.5. The molecule has 110 valence electrons. The van der Waals surface area contributed by atoms with Crippen molar-refractivity contribution in [2.24, 2.45) is 0 Å². The van der Waals surface area contributed by atoms with Crippen LogP contribution in [0.15, 0.2) is 21.3 Å². The first-order valence-corrected chi connectivity index (χ1v) is 7.42. The molecule has 0 N–H and O–H groups in total. The summed E-state index contributed by atoms with van der Waals surface area (Å²) in [5.74, 6) is 2.44. The van der Waals surface area contributed by atoms with Gasteiger partial charge in [-0.3, -0.25) is 4.79 Å². The summed E-state index contributed by atoms with van der Waals surface area (Å²) in [7, 11) is 0. The summed E-state index contributed by atoms with van der Waals surface area (Å²) in [6, 6.07) is 1.64. The molecule has 2 aromatic rings. The number of carbonyl (C=O) groups excluding carboxylic acids is 1. The van der Waals surface area contributed by atoms with Crippen molar-refractivity contribution in [2.75, 3.05) is 6.54 Å². The Morgan fingerprint density at radius 1 is 1.38 bits per heavy atom. The van der Waals surface area contributed by atoms with E-state index in [-0.39, 0.29) is 11.9 Å². The van der Waals surface area contributed by atoms with Crippen LogP contribution in [-0.2, 0) is 0 Å². The van der Waals surface area contributed by atoms with E-state index < -0.39 is 0 Å². The lowest BCUT2D eigenvalue weighted by molar-refractivity contribution is 0.0726. The fourth-order valence-electron chi connectivity index (χ4n) is 2.92. The Bertz CT molecular complexity index is 671. The van der Waals surface area contributed by atoms with E-state index in [2.05, 4.69) is 10.1 Å². The smallest absolute Gasteiger partial charge is 0.258 e. The molecule has 0 bridgehead atoms. The summed E-state index contributed by atoms with van der Waals surface area (Å²) in [4.78, 5) is 19.0. The number of hydrogen-bond donors (Lipinski definition) is 0. The van der Waals surface area contributed by atoms with Crippen molar-refractivity contribution in [1.29, 1.82) is 0 Å². The van der Waals surface area contributed by atoms with Gasteiger partial charge < -0.3 is 13.8 Å². The van der Waals surface area contributed by atoms with Gasteiger partial charge in [-0.15, -0.1) is 0 Å². The van der Waals surface area contributed by atoms with E-state index in [4.69, 9.17) is 8.94 Å². The zero-order chi connectivity index (χ0) is 14.4. The molecule has 0 unspecified atom stereocenters. The standard InChI is InChI=1S/C15H17N3O3/c1-9-11(6-8-20-9)15(19)18-7-2-3-12(18)13-16-14(21-17-13)10-4-5-10/h6,8,10,12H,2-5,7H2,1H3/t12-/m1/s1. The van der Waals surface area contributed by atoms with Gasteiger partial charge in [-0.25, -0.2) is 0 Å². The van der Waals surface area contributed by atoms with E-state index >= 15 is 0 Å². The normalized spacial score (nSPS) is 22.0. The molecule has 1 atom stereocenters. The predicted molar refractivity (Wildman–Crippen MR) is 72.7 cm³/mol. The number of amides is 1. The molecule has 3 heterocycles. The largest absolute Gasteiger partial charge is 0.469 e. The molecule has 1 amide bonds. The number of rotatable bonds is 3. The molecule has 0 radical (unpaired) electrons. The minimum absolute atomic E-state index is 0.0125. The van der Waals surface area contributed by atoms with Crippen molar-refractivity contribution in [2.45, 2.75) is 44.6 Å². The molecule has 2 aliphatic rings. The van der Waals surface area contributed by atoms with Crippen LogP contribution in [0.4, 0.5) is 0 Å². The number of likely N-dealkylation sites (tertiary alicyclic amines) is 1. The first-order chi connectivity index (χ1) is 10.2. The van der Waals surface area contributed by atoms with Crippen LogP contribution in [-0.4, -0.2) is 27.5 Å². The van der Waals surface area contributed by atoms with Crippen molar-refractivity contribution in [3.8, 4) is 0 Å². The molecule has 2 aromatic heterocycles. The second kappa shape index (κ2) is 4.72. The maximum absolute atomic E-state index is 12.6. The molecule has 2 fully saturated rings. The predicted octanol–water partition coefficient (Wildman–Crippen LogP) is 2.83. The number of furan rings is 1. The highest BCUT2D eigenvalue weighted by molar-refractivity contribution is 5.95. The number of carbonyl (C=O) groups is 1. The van der Waals surface area contributed by atoms with Crippen molar-refractivity contribution < 1.29 is 13.7 Å². The fraction of sp³-hybridized carbons (Fsp3) is 0.533. The van der Waals surface area contributed by atoms with Crippen LogP contribution in [0.3, 0.4) is 0 Å². The third-order valence-electron chi connectivity index (χ3n) is 4.28. The van der Waals surface area contributed by atoms with E-state index in [1.165, 1.54) is 0 Å². The van der Waals surface area contributed by atoms with Gasteiger partial charge in [-0.2, -0.15) is 4.98 Å². The number of nitrogens with zero attached hydrogens (tertiary/aromatic N) is 3. The highest BCUT2D eigenvalue weighted by Crippen LogP contribution is 2.40. The Morgan fingerprint density at radius 2 is 2.24 bits per heavy atom. The lowest BCUT2D eigenvalue weighted by Gasteiger charge is -2.21. The summed E-state index contributed by atoms with van der Waals surface area (Å²) in [5, 5.41) is 4.09.